The number of rotatable bonds is 7. The number of benzene rings is 2. The summed E-state index contributed by atoms with van der Waals surface area (Å²) in [4.78, 5) is 40.8. The van der Waals surface area contributed by atoms with Gasteiger partial charge in [-0.2, -0.15) is 4.79 Å². The van der Waals surface area contributed by atoms with Crippen molar-refractivity contribution in [3.05, 3.63) is 77.3 Å². The van der Waals surface area contributed by atoms with Crippen molar-refractivity contribution in [1.82, 2.24) is 10.2 Å². The highest BCUT2D eigenvalue weighted by atomic mass is 16.5. The quantitative estimate of drug-likeness (QED) is 0.327. The monoisotopic (exact) mass is 406 g/mol. The average molecular weight is 406 g/mol. The molecule has 2 aromatic carbocycles. The normalized spacial score (nSPS) is 15.4. The summed E-state index contributed by atoms with van der Waals surface area (Å²) in [6.07, 6.45) is 1.80. The second-order valence-electron chi connectivity index (χ2n) is 6.86. The molecule has 1 N–H and O–H groups in total. The lowest BCUT2D eigenvalue weighted by Crippen LogP contribution is -2.43. The zero-order valence-corrected chi connectivity index (χ0v) is 16.3. The first-order chi connectivity index (χ1) is 14.6. The van der Waals surface area contributed by atoms with E-state index in [9.17, 15) is 14.4 Å². The summed E-state index contributed by atoms with van der Waals surface area (Å²) in [5.74, 6) is -1.68. The molecule has 1 saturated heterocycles. The van der Waals surface area contributed by atoms with Gasteiger partial charge in [0.15, 0.2) is 6.61 Å². The lowest BCUT2D eigenvalue weighted by molar-refractivity contribution is -0.155. The second-order valence-corrected chi connectivity index (χ2v) is 6.86. The van der Waals surface area contributed by atoms with Gasteiger partial charge in [-0.1, -0.05) is 60.7 Å². The van der Waals surface area contributed by atoms with Gasteiger partial charge < -0.3 is 20.5 Å². The van der Waals surface area contributed by atoms with Crippen molar-refractivity contribution in [2.24, 2.45) is 0 Å². The molecule has 8 nitrogen and oxygen atoms in total. The Hall–Kier alpha value is -3.77. The number of carbonyl (C=O) groups is 3. The van der Waals surface area contributed by atoms with Crippen molar-refractivity contribution in [2.45, 2.75) is 24.9 Å². The predicted molar refractivity (Wildman–Crippen MR) is 108 cm³/mol. The smallest absolute Gasteiger partial charge is 0.344 e. The maximum absolute atomic E-state index is 12.5. The SMILES string of the molecule is [N-]=[N+]=CC(=O)N1CCC[C@H]1C(=O)OCC(=O)NC(c1ccccc1)c1ccccc1. The number of amides is 2. The highest BCUT2D eigenvalue weighted by Crippen LogP contribution is 2.22. The highest BCUT2D eigenvalue weighted by molar-refractivity contribution is 6.24. The van der Waals surface area contributed by atoms with Gasteiger partial charge in [-0.15, -0.1) is 0 Å². The molecule has 1 aliphatic rings. The summed E-state index contributed by atoms with van der Waals surface area (Å²) in [5, 5.41) is 2.90. The van der Waals surface area contributed by atoms with Crippen LogP contribution in [-0.2, 0) is 19.1 Å². The maximum Gasteiger partial charge on any atom is 0.344 e. The number of hydrogen-bond acceptors (Lipinski definition) is 4. The minimum Gasteiger partial charge on any atom is -0.454 e. The van der Waals surface area contributed by atoms with Crippen molar-refractivity contribution in [2.75, 3.05) is 13.2 Å². The third-order valence-electron chi connectivity index (χ3n) is 4.89. The minimum atomic E-state index is -0.789. The van der Waals surface area contributed by atoms with Crippen LogP contribution in [0.3, 0.4) is 0 Å². The largest absolute Gasteiger partial charge is 0.454 e. The molecule has 0 aromatic heterocycles. The molecule has 30 heavy (non-hydrogen) atoms. The summed E-state index contributed by atoms with van der Waals surface area (Å²) in [5.41, 5.74) is 10.3. The molecule has 1 atom stereocenters. The van der Waals surface area contributed by atoms with Gasteiger partial charge in [0.25, 0.3) is 5.91 Å². The Balaban J connectivity index is 1.63. The third-order valence-corrected chi connectivity index (χ3v) is 4.89. The molecule has 1 heterocycles. The van der Waals surface area contributed by atoms with E-state index in [0.29, 0.717) is 19.4 Å². The molecule has 2 amide bonds. The zero-order chi connectivity index (χ0) is 21.3. The summed E-state index contributed by atoms with van der Waals surface area (Å²) >= 11 is 0. The summed E-state index contributed by atoms with van der Waals surface area (Å²) in [6.45, 7) is -0.0947. The molecule has 1 fully saturated rings. The van der Waals surface area contributed by atoms with Crippen LogP contribution in [0, 0.1) is 0 Å². The van der Waals surface area contributed by atoms with Crippen LogP contribution < -0.4 is 5.32 Å². The van der Waals surface area contributed by atoms with Crippen LogP contribution >= 0.6 is 0 Å². The molecule has 0 radical (unpaired) electrons. The molecule has 2 aromatic rings. The first-order valence-electron chi connectivity index (χ1n) is 9.64. The fourth-order valence-electron chi connectivity index (χ4n) is 3.48. The summed E-state index contributed by atoms with van der Waals surface area (Å²) in [6, 6.07) is 17.8. The summed E-state index contributed by atoms with van der Waals surface area (Å²) < 4.78 is 5.17. The molecular weight excluding hydrogens is 384 g/mol. The van der Waals surface area contributed by atoms with Crippen LogP contribution in [0.5, 0.6) is 0 Å². The molecule has 0 unspecified atom stereocenters. The van der Waals surface area contributed by atoms with E-state index in [1.54, 1.807) is 0 Å². The highest BCUT2D eigenvalue weighted by Gasteiger charge is 2.36. The summed E-state index contributed by atoms with van der Waals surface area (Å²) in [7, 11) is 0. The zero-order valence-electron chi connectivity index (χ0n) is 16.3. The Morgan fingerprint density at radius 1 is 1.10 bits per heavy atom. The Labute approximate surface area is 174 Å². The average Bonchev–Trinajstić information content (AvgIpc) is 3.27. The van der Waals surface area contributed by atoms with E-state index in [1.807, 2.05) is 60.7 Å². The van der Waals surface area contributed by atoms with Crippen LogP contribution in [0.1, 0.15) is 30.0 Å². The van der Waals surface area contributed by atoms with Gasteiger partial charge in [0.2, 0.25) is 0 Å². The molecule has 0 aliphatic carbocycles. The Morgan fingerprint density at radius 3 is 2.27 bits per heavy atom. The van der Waals surface area contributed by atoms with Crippen molar-refractivity contribution in [3.63, 3.8) is 0 Å². The maximum atomic E-state index is 12.5. The van der Waals surface area contributed by atoms with Gasteiger partial charge in [-0.05, 0) is 24.0 Å². The molecule has 0 saturated carbocycles. The topological polar surface area (TPSA) is 112 Å². The van der Waals surface area contributed by atoms with Gasteiger partial charge in [0.05, 0.1) is 6.04 Å². The number of likely N-dealkylation sites (tertiary alicyclic amines) is 1. The Kier molecular flexibility index (Phi) is 7.08. The number of carbonyl (C=O) groups excluding carboxylic acids is 3. The lowest BCUT2D eigenvalue weighted by atomic mass is 9.99. The third kappa shape index (κ3) is 5.18. The molecule has 3 rings (SSSR count). The first-order valence-corrected chi connectivity index (χ1v) is 9.64. The Morgan fingerprint density at radius 2 is 1.70 bits per heavy atom. The lowest BCUT2D eigenvalue weighted by Gasteiger charge is -2.22. The van der Waals surface area contributed by atoms with Gasteiger partial charge in [-0.25, -0.2) is 4.79 Å². The molecule has 8 heteroatoms. The van der Waals surface area contributed by atoms with Gasteiger partial charge in [0, 0.05) is 6.54 Å². The Bertz CT molecular complexity index is 903. The van der Waals surface area contributed by atoms with E-state index < -0.39 is 30.4 Å². The van der Waals surface area contributed by atoms with Gasteiger partial charge in [-0.3, -0.25) is 9.59 Å². The van der Waals surface area contributed by atoms with Crippen LogP contribution in [-0.4, -0.2) is 52.9 Å². The fourth-order valence-corrected chi connectivity index (χ4v) is 3.48. The predicted octanol–water partition coefficient (Wildman–Crippen LogP) is 1.73. The van der Waals surface area contributed by atoms with Crippen LogP contribution in [0.4, 0.5) is 0 Å². The van der Waals surface area contributed by atoms with Crippen molar-refractivity contribution in [3.8, 4) is 0 Å². The first kappa shape index (κ1) is 21.0. The van der Waals surface area contributed by atoms with E-state index in [0.717, 1.165) is 17.3 Å². The number of nitrogens with one attached hydrogen (secondary N) is 1. The van der Waals surface area contributed by atoms with Crippen molar-refractivity contribution < 1.29 is 23.9 Å². The molecule has 1 aliphatic heterocycles. The van der Waals surface area contributed by atoms with Crippen LogP contribution in [0.2, 0.25) is 0 Å². The van der Waals surface area contributed by atoms with E-state index in [1.165, 1.54) is 4.90 Å². The van der Waals surface area contributed by atoms with E-state index in [-0.39, 0.29) is 6.04 Å². The number of nitrogens with zero attached hydrogens (tertiary/aromatic N) is 3. The number of ether oxygens (including phenoxy) is 1. The van der Waals surface area contributed by atoms with E-state index in [2.05, 4.69) is 10.1 Å². The molecule has 0 spiro atoms. The molecular formula is C22H22N4O4. The standard InChI is InChI=1S/C22H22N4O4/c23-24-14-20(28)26-13-7-12-18(26)22(29)30-15-19(27)25-21(16-8-3-1-4-9-16)17-10-5-2-6-11-17/h1-6,8-11,14,18,21H,7,12-13,15H2,(H,25,27)/t18-/m0/s1. The molecule has 0 bridgehead atoms. The van der Waals surface area contributed by atoms with Crippen molar-refractivity contribution >= 4 is 24.0 Å². The number of esters is 1. The van der Waals surface area contributed by atoms with Gasteiger partial charge in [0.1, 0.15) is 6.04 Å². The van der Waals surface area contributed by atoms with Gasteiger partial charge >= 0.3 is 18.1 Å². The van der Waals surface area contributed by atoms with E-state index >= 15 is 0 Å². The van der Waals surface area contributed by atoms with E-state index in [4.69, 9.17) is 10.3 Å². The number of hydrogen-bond donors (Lipinski definition) is 1. The molecule has 154 valence electrons. The minimum absolute atomic E-state index is 0.362. The fraction of sp³-hybridized carbons (Fsp3) is 0.273. The second kappa shape index (κ2) is 10.1. The van der Waals surface area contributed by atoms with Crippen molar-refractivity contribution in [1.29, 1.82) is 0 Å². The van der Waals surface area contributed by atoms with Crippen LogP contribution in [0.25, 0.3) is 5.53 Å². The van der Waals surface area contributed by atoms with Crippen LogP contribution in [0.15, 0.2) is 60.7 Å².